The highest BCUT2D eigenvalue weighted by Crippen LogP contribution is 2.27. The molecular weight excluding hydrogens is 392 g/mol. The van der Waals surface area contributed by atoms with Crippen LogP contribution in [0.1, 0.15) is 24.0 Å². The Balaban J connectivity index is 1.60. The van der Waals surface area contributed by atoms with Crippen molar-refractivity contribution >= 4 is 39.1 Å². The molecule has 1 amide bonds. The summed E-state index contributed by atoms with van der Waals surface area (Å²) in [4.78, 5) is 12.0. The van der Waals surface area contributed by atoms with Crippen LogP contribution in [0.4, 0.5) is 0 Å². The van der Waals surface area contributed by atoms with Crippen molar-refractivity contribution in [2.24, 2.45) is 5.10 Å². The summed E-state index contributed by atoms with van der Waals surface area (Å²) in [5, 5.41) is 4.88. The van der Waals surface area contributed by atoms with E-state index in [0.717, 1.165) is 30.5 Å². The first-order chi connectivity index (χ1) is 11.6. The van der Waals surface area contributed by atoms with Crippen molar-refractivity contribution in [3.63, 3.8) is 0 Å². The molecule has 4 nitrogen and oxygen atoms in total. The second-order valence-corrected chi connectivity index (χ2v) is 6.76. The summed E-state index contributed by atoms with van der Waals surface area (Å²) in [6.07, 6.45) is 2.96. The zero-order valence-corrected chi connectivity index (χ0v) is 15.2. The Morgan fingerprint density at radius 2 is 2.08 bits per heavy atom. The number of halogens is 2. The molecule has 0 heterocycles. The standard InChI is InChI=1S/C18H16BrClN2O2/c19-15-10-13(20)8-9-17(15)24-11-18(23)22-21-16-7-3-5-12-4-1-2-6-14(12)16/h1-2,4,6,8-10H,3,5,7,11H2,(H,22,23). The molecule has 3 rings (SSSR count). The van der Waals surface area contributed by atoms with E-state index in [0.29, 0.717) is 15.2 Å². The fourth-order valence-electron chi connectivity index (χ4n) is 2.61. The van der Waals surface area contributed by atoms with Gasteiger partial charge in [-0.1, -0.05) is 35.9 Å². The van der Waals surface area contributed by atoms with Crippen molar-refractivity contribution in [1.29, 1.82) is 0 Å². The maximum atomic E-state index is 12.0. The van der Waals surface area contributed by atoms with Crippen LogP contribution >= 0.6 is 27.5 Å². The Bertz CT molecular complexity index is 792. The zero-order valence-electron chi connectivity index (χ0n) is 12.9. The van der Waals surface area contributed by atoms with Gasteiger partial charge in [0.2, 0.25) is 0 Å². The van der Waals surface area contributed by atoms with Crippen LogP contribution in [0.5, 0.6) is 5.75 Å². The molecule has 1 aliphatic rings. The Morgan fingerprint density at radius 3 is 2.92 bits per heavy atom. The topological polar surface area (TPSA) is 50.7 Å². The second-order valence-electron chi connectivity index (χ2n) is 5.47. The van der Waals surface area contributed by atoms with Crippen molar-refractivity contribution in [2.75, 3.05) is 6.61 Å². The molecule has 0 saturated heterocycles. The number of rotatable bonds is 4. The van der Waals surface area contributed by atoms with Crippen LogP contribution in [-0.4, -0.2) is 18.2 Å². The molecule has 0 unspecified atom stereocenters. The molecular formula is C18H16BrClN2O2. The van der Waals surface area contributed by atoms with Crippen LogP contribution in [0.3, 0.4) is 0 Å². The van der Waals surface area contributed by atoms with Crippen LogP contribution in [0.15, 0.2) is 52.0 Å². The van der Waals surface area contributed by atoms with E-state index in [1.165, 1.54) is 5.56 Å². The normalized spacial score (nSPS) is 15.0. The van der Waals surface area contributed by atoms with Gasteiger partial charge in [0.15, 0.2) is 6.61 Å². The lowest BCUT2D eigenvalue weighted by molar-refractivity contribution is -0.123. The SMILES string of the molecule is O=C(COc1ccc(Cl)cc1Br)NN=C1CCCc2ccccc21. The molecule has 2 aromatic rings. The van der Waals surface area contributed by atoms with E-state index in [9.17, 15) is 4.79 Å². The highest BCUT2D eigenvalue weighted by molar-refractivity contribution is 9.10. The average molecular weight is 408 g/mol. The predicted molar refractivity (Wildman–Crippen MR) is 98.7 cm³/mol. The number of hydrogen-bond acceptors (Lipinski definition) is 3. The number of benzene rings is 2. The summed E-state index contributed by atoms with van der Waals surface area (Å²) < 4.78 is 6.18. The van der Waals surface area contributed by atoms with Crippen molar-refractivity contribution in [1.82, 2.24) is 5.43 Å². The van der Waals surface area contributed by atoms with Crippen molar-refractivity contribution in [3.05, 3.63) is 63.1 Å². The number of carbonyl (C=O) groups excluding carboxylic acids is 1. The van der Waals surface area contributed by atoms with Crippen LogP contribution in [0, 0.1) is 0 Å². The molecule has 0 radical (unpaired) electrons. The quantitative estimate of drug-likeness (QED) is 0.767. The molecule has 1 N–H and O–H groups in total. The number of fused-ring (bicyclic) bond motifs is 1. The lowest BCUT2D eigenvalue weighted by Crippen LogP contribution is -2.27. The lowest BCUT2D eigenvalue weighted by Gasteiger charge is -2.17. The van der Waals surface area contributed by atoms with Gasteiger partial charge in [-0.25, -0.2) is 5.43 Å². The smallest absolute Gasteiger partial charge is 0.277 e. The van der Waals surface area contributed by atoms with E-state index in [-0.39, 0.29) is 12.5 Å². The summed E-state index contributed by atoms with van der Waals surface area (Å²) in [5.74, 6) is 0.262. The third-order valence-electron chi connectivity index (χ3n) is 3.76. The van der Waals surface area contributed by atoms with E-state index in [1.54, 1.807) is 18.2 Å². The minimum atomic E-state index is -0.299. The minimum absolute atomic E-state index is 0.112. The molecule has 0 bridgehead atoms. The van der Waals surface area contributed by atoms with Gasteiger partial charge >= 0.3 is 0 Å². The maximum absolute atomic E-state index is 12.0. The van der Waals surface area contributed by atoms with Gasteiger partial charge in [-0.05, 0) is 59.0 Å². The zero-order chi connectivity index (χ0) is 16.9. The van der Waals surface area contributed by atoms with E-state index < -0.39 is 0 Å². The van der Waals surface area contributed by atoms with Crippen LogP contribution in [-0.2, 0) is 11.2 Å². The molecule has 0 fully saturated rings. The predicted octanol–water partition coefficient (Wildman–Crippen LogP) is 4.34. The number of hydrogen-bond donors (Lipinski definition) is 1. The van der Waals surface area contributed by atoms with Crippen molar-refractivity contribution < 1.29 is 9.53 Å². The lowest BCUT2D eigenvalue weighted by atomic mass is 9.90. The van der Waals surface area contributed by atoms with E-state index >= 15 is 0 Å². The molecule has 0 spiro atoms. The Kier molecular flexibility index (Phi) is 5.53. The molecule has 24 heavy (non-hydrogen) atoms. The number of carbonyl (C=O) groups is 1. The summed E-state index contributed by atoms with van der Waals surface area (Å²) >= 11 is 9.22. The maximum Gasteiger partial charge on any atom is 0.277 e. The van der Waals surface area contributed by atoms with E-state index in [2.05, 4.69) is 32.5 Å². The third-order valence-corrected chi connectivity index (χ3v) is 4.61. The van der Waals surface area contributed by atoms with Gasteiger partial charge in [0, 0.05) is 10.6 Å². The highest BCUT2D eigenvalue weighted by atomic mass is 79.9. The molecule has 2 aromatic carbocycles. The van der Waals surface area contributed by atoms with Gasteiger partial charge in [0.25, 0.3) is 5.91 Å². The molecule has 124 valence electrons. The third kappa shape index (κ3) is 4.16. The fraction of sp³-hybridized carbons (Fsp3) is 0.222. The van der Waals surface area contributed by atoms with Gasteiger partial charge in [-0.15, -0.1) is 0 Å². The largest absolute Gasteiger partial charge is 0.483 e. The summed E-state index contributed by atoms with van der Waals surface area (Å²) in [5.41, 5.74) is 5.88. The van der Waals surface area contributed by atoms with Gasteiger partial charge in [0.1, 0.15) is 5.75 Å². The molecule has 0 saturated carbocycles. The van der Waals surface area contributed by atoms with Gasteiger partial charge in [-0.2, -0.15) is 5.10 Å². The number of hydrazone groups is 1. The first kappa shape index (κ1) is 17.0. The number of nitrogens with zero attached hydrogens (tertiary/aromatic N) is 1. The molecule has 6 heteroatoms. The fourth-order valence-corrected chi connectivity index (χ4v) is 3.41. The summed E-state index contributed by atoms with van der Waals surface area (Å²) in [7, 11) is 0. The van der Waals surface area contributed by atoms with E-state index in [4.69, 9.17) is 16.3 Å². The number of nitrogens with one attached hydrogen (secondary N) is 1. The van der Waals surface area contributed by atoms with Gasteiger partial charge in [0.05, 0.1) is 10.2 Å². The molecule has 0 aliphatic heterocycles. The van der Waals surface area contributed by atoms with Crippen molar-refractivity contribution in [2.45, 2.75) is 19.3 Å². The Labute approximate surface area is 154 Å². The first-order valence-corrected chi connectivity index (χ1v) is 8.82. The summed E-state index contributed by atoms with van der Waals surface area (Å²) in [6.45, 7) is -0.112. The Morgan fingerprint density at radius 1 is 1.25 bits per heavy atom. The molecule has 1 aliphatic carbocycles. The minimum Gasteiger partial charge on any atom is -0.483 e. The second kappa shape index (κ2) is 7.81. The number of aryl methyl sites for hydroxylation is 1. The van der Waals surface area contributed by atoms with E-state index in [1.807, 2.05) is 18.2 Å². The highest BCUT2D eigenvalue weighted by Gasteiger charge is 2.15. The Hall–Kier alpha value is -1.85. The molecule has 0 aromatic heterocycles. The molecule has 0 atom stereocenters. The number of ether oxygens (including phenoxy) is 1. The van der Waals surface area contributed by atoms with Crippen LogP contribution in [0.25, 0.3) is 0 Å². The van der Waals surface area contributed by atoms with Gasteiger partial charge in [-0.3, -0.25) is 4.79 Å². The average Bonchev–Trinajstić information content (AvgIpc) is 2.59. The summed E-state index contributed by atoms with van der Waals surface area (Å²) in [6, 6.07) is 13.3. The first-order valence-electron chi connectivity index (χ1n) is 7.65. The van der Waals surface area contributed by atoms with Crippen LogP contribution in [0.2, 0.25) is 5.02 Å². The van der Waals surface area contributed by atoms with Crippen molar-refractivity contribution in [3.8, 4) is 5.75 Å². The van der Waals surface area contributed by atoms with Gasteiger partial charge < -0.3 is 4.74 Å². The van der Waals surface area contributed by atoms with Crippen LogP contribution < -0.4 is 10.2 Å². The number of amides is 1. The monoisotopic (exact) mass is 406 g/mol.